The predicted octanol–water partition coefficient (Wildman–Crippen LogP) is 0.865. The smallest absolute Gasteiger partial charge is 0.276 e. The number of pyridine rings is 1. The maximum absolute atomic E-state index is 10.9. The monoisotopic (exact) mass is 392 g/mol. The van der Waals surface area contributed by atoms with Gasteiger partial charge in [0.05, 0.1) is 19.0 Å². The predicted molar refractivity (Wildman–Crippen MR) is 105 cm³/mol. The molecule has 0 unspecified atom stereocenters. The lowest BCUT2D eigenvalue weighted by molar-refractivity contribution is 0.101. The first-order valence-corrected chi connectivity index (χ1v) is 8.24. The fourth-order valence-corrected chi connectivity index (χ4v) is 2.13. The number of hydrogen-bond acceptors (Lipinski definition) is 9. The van der Waals surface area contributed by atoms with Crippen LogP contribution >= 0.6 is 0 Å². The van der Waals surface area contributed by atoms with Gasteiger partial charge in [-0.25, -0.2) is 24.9 Å². The molecule has 0 fully saturated rings. The molecule has 5 heterocycles. The van der Waals surface area contributed by atoms with Crippen molar-refractivity contribution in [2.24, 2.45) is 0 Å². The number of fused-ring (bicyclic) bond motifs is 2. The summed E-state index contributed by atoms with van der Waals surface area (Å²) in [6.45, 7) is 1.50. The maximum Gasteiger partial charge on any atom is 0.276 e. The SMILES string of the molecule is CC(=O)c1ccccn1.Nc1ncnc2[nH]cnc12.O=c1[nH]cnc2nc[nH]c12. The number of aromatic nitrogens is 9. The van der Waals surface area contributed by atoms with Crippen molar-refractivity contribution in [3.63, 3.8) is 0 Å². The molecule has 0 saturated heterocycles. The number of Topliss-reactive ketones (excluding diaryl/α,β-unsaturated/α-hetero) is 1. The van der Waals surface area contributed by atoms with Crippen molar-refractivity contribution in [2.75, 3.05) is 5.73 Å². The zero-order chi connectivity index (χ0) is 20.6. The Morgan fingerprint density at radius 1 is 0.931 bits per heavy atom. The van der Waals surface area contributed by atoms with Crippen molar-refractivity contribution < 1.29 is 4.79 Å². The molecule has 0 saturated carbocycles. The van der Waals surface area contributed by atoms with E-state index in [0.29, 0.717) is 33.8 Å². The highest BCUT2D eigenvalue weighted by Crippen LogP contribution is 2.09. The molecule has 5 aromatic rings. The molecule has 0 spiro atoms. The van der Waals surface area contributed by atoms with Crippen molar-refractivity contribution in [2.45, 2.75) is 6.92 Å². The van der Waals surface area contributed by atoms with Crippen LogP contribution in [0.25, 0.3) is 22.3 Å². The van der Waals surface area contributed by atoms with Gasteiger partial charge in [0, 0.05) is 13.1 Å². The molecule has 12 heteroatoms. The molecule has 0 aliphatic heterocycles. The fraction of sp³-hybridized carbons (Fsp3) is 0.0588. The summed E-state index contributed by atoms with van der Waals surface area (Å²) in [6.07, 6.45) is 7.31. The van der Waals surface area contributed by atoms with Gasteiger partial charge in [-0.1, -0.05) is 6.07 Å². The van der Waals surface area contributed by atoms with Crippen molar-refractivity contribution in [3.05, 3.63) is 65.8 Å². The van der Waals surface area contributed by atoms with Gasteiger partial charge in [-0.2, -0.15) is 0 Å². The van der Waals surface area contributed by atoms with E-state index in [1.165, 1.54) is 32.2 Å². The van der Waals surface area contributed by atoms with E-state index in [1.54, 1.807) is 24.4 Å². The molecule has 146 valence electrons. The first-order chi connectivity index (χ1) is 14.1. The lowest BCUT2D eigenvalue weighted by Crippen LogP contribution is -2.05. The standard InChI is InChI=1S/C7H7NO.C5H5N5.C5H4N4O/c1-6(9)7-4-2-3-5-8-7;6-4-3-5(9-1-7-3)10-2-8-4;10-5-3-4(7-1-6-3)8-2-9-5/h2-5H,1H3;1-2H,(H3,6,7,8,9,10);1-2H,(H2,6,7,8,9,10). The first-order valence-electron chi connectivity index (χ1n) is 8.24. The van der Waals surface area contributed by atoms with Gasteiger partial charge in [-0.15, -0.1) is 0 Å². The molecular weight excluding hydrogens is 376 g/mol. The Morgan fingerprint density at radius 2 is 1.69 bits per heavy atom. The second kappa shape index (κ2) is 8.94. The highest BCUT2D eigenvalue weighted by Gasteiger charge is 1.99. The molecule has 5 rings (SSSR count). The molecule has 5 aromatic heterocycles. The minimum atomic E-state index is -0.192. The van der Waals surface area contributed by atoms with Crippen LogP contribution in [0.5, 0.6) is 0 Å². The highest BCUT2D eigenvalue weighted by atomic mass is 16.1. The van der Waals surface area contributed by atoms with E-state index in [-0.39, 0.29) is 11.3 Å². The van der Waals surface area contributed by atoms with Gasteiger partial charge in [0.2, 0.25) is 0 Å². The molecular formula is C17H16N10O2. The number of H-pyrrole nitrogens is 3. The number of rotatable bonds is 1. The van der Waals surface area contributed by atoms with E-state index in [9.17, 15) is 9.59 Å². The summed E-state index contributed by atoms with van der Waals surface area (Å²) in [4.78, 5) is 52.4. The lowest BCUT2D eigenvalue weighted by Gasteiger charge is -1.88. The Morgan fingerprint density at radius 3 is 2.31 bits per heavy atom. The number of nitrogen functional groups attached to an aromatic ring is 1. The minimum absolute atomic E-state index is 0.00981. The lowest BCUT2D eigenvalue weighted by atomic mass is 10.3. The molecule has 0 radical (unpaired) electrons. The summed E-state index contributed by atoms with van der Waals surface area (Å²) in [5, 5.41) is 0. The van der Waals surface area contributed by atoms with Crippen LogP contribution in [0.1, 0.15) is 17.4 Å². The zero-order valence-corrected chi connectivity index (χ0v) is 15.2. The number of aromatic amines is 3. The average Bonchev–Trinajstić information content (AvgIpc) is 3.40. The van der Waals surface area contributed by atoms with Crippen LogP contribution in [0.4, 0.5) is 5.82 Å². The normalized spacial score (nSPS) is 9.97. The molecule has 12 nitrogen and oxygen atoms in total. The van der Waals surface area contributed by atoms with Crippen molar-refractivity contribution in [1.29, 1.82) is 0 Å². The Hall–Kier alpha value is -4.48. The summed E-state index contributed by atoms with van der Waals surface area (Å²) in [7, 11) is 0. The highest BCUT2D eigenvalue weighted by molar-refractivity contribution is 5.91. The number of imidazole rings is 2. The van der Waals surface area contributed by atoms with Gasteiger partial charge >= 0.3 is 0 Å². The fourth-order valence-electron chi connectivity index (χ4n) is 2.13. The summed E-state index contributed by atoms with van der Waals surface area (Å²) in [5.41, 5.74) is 7.97. The van der Waals surface area contributed by atoms with Crippen LogP contribution in [-0.4, -0.2) is 50.6 Å². The minimum Gasteiger partial charge on any atom is -0.382 e. The molecule has 0 aliphatic rings. The van der Waals surface area contributed by atoms with Gasteiger partial charge in [0.25, 0.3) is 5.56 Å². The van der Waals surface area contributed by atoms with Crippen LogP contribution in [0.3, 0.4) is 0 Å². The van der Waals surface area contributed by atoms with Gasteiger partial charge in [0.1, 0.15) is 17.5 Å². The molecule has 0 atom stereocenters. The van der Waals surface area contributed by atoms with Gasteiger partial charge < -0.3 is 20.7 Å². The number of nitrogens with one attached hydrogen (secondary N) is 3. The molecule has 0 aliphatic carbocycles. The number of ketones is 1. The average molecular weight is 392 g/mol. The number of anilines is 1. The molecule has 29 heavy (non-hydrogen) atoms. The van der Waals surface area contributed by atoms with E-state index in [2.05, 4.69) is 44.9 Å². The van der Waals surface area contributed by atoms with Crippen LogP contribution in [0, 0.1) is 0 Å². The Balaban J connectivity index is 0.000000125. The van der Waals surface area contributed by atoms with E-state index in [1.807, 2.05) is 0 Å². The van der Waals surface area contributed by atoms with Crippen molar-refractivity contribution in [1.82, 2.24) is 44.9 Å². The molecule has 0 bridgehead atoms. The third-order valence-electron chi connectivity index (χ3n) is 3.50. The summed E-state index contributed by atoms with van der Waals surface area (Å²) >= 11 is 0. The molecule has 0 aromatic carbocycles. The number of nitrogens with zero attached hydrogens (tertiary/aromatic N) is 6. The molecule has 5 N–H and O–H groups in total. The summed E-state index contributed by atoms with van der Waals surface area (Å²) < 4.78 is 0. The summed E-state index contributed by atoms with van der Waals surface area (Å²) in [5.74, 6) is 0.418. The first kappa shape index (κ1) is 19.3. The van der Waals surface area contributed by atoms with E-state index in [4.69, 9.17) is 5.73 Å². The van der Waals surface area contributed by atoms with E-state index < -0.39 is 0 Å². The second-order valence-electron chi connectivity index (χ2n) is 5.46. The number of nitrogens with two attached hydrogens (primary N) is 1. The second-order valence-corrected chi connectivity index (χ2v) is 5.46. The Kier molecular flexibility index (Phi) is 5.95. The Bertz CT molecular complexity index is 1280. The van der Waals surface area contributed by atoms with E-state index >= 15 is 0 Å². The topological polar surface area (TPSA) is 185 Å². The Labute approximate surface area is 162 Å². The third-order valence-corrected chi connectivity index (χ3v) is 3.50. The van der Waals surface area contributed by atoms with E-state index in [0.717, 1.165) is 0 Å². The largest absolute Gasteiger partial charge is 0.382 e. The van der Waals surface area contributed by atoms with Crippen LogP contribution < -0.4 is 11.3 Å². The van der Waals surface area contributed by atoms with Gasteiger partial charge in [-0.05, 0) is 12.1 Å². The summed E-state index contributed by atoms with van der Waals surface area (Å²) in [6, 6.07) is 5.28. The number of carbonyl (C=O) groups is 1. The van der Waals surface area contributed by atoms with Gasteiger partial charge in [-0.3, -0.25) is 14.6 Å². The number of carbonyl (C=O) groups excluding carboxylic acids is 1. The zero-order valence-electron chi connectivity index (χ0n) is 15.2. The van der Waals surface area contributed by atoms with Gasteiger partial charge in [0.15, 0.2) is 28.4 Å². The number of hydrogen-bond donors (Lipinski definition) is 4. The van der Waals surface area contributed by atoms with Crippen molar-refractivity contribution >= 4 is 33.9 Å². The third kappa shape index (κ3) is 4.82. The van der Waals surface area contributed by atoms with Crippen LogP contribution in [-0.2, 0) is 0 Å². The van der Waals surface area contributed by atoms with Crippen molar-refractivity contribution in [3.8, 4) is 0 Å². The quantitative estimate of drug-likeness (QED) is 0.300. The van der Waals surface area contributed by atoms with Crippen LogP contribution in [0.15, 0.2) is 54.5 Å². The maximum atomic E-state index is 10.9. The van der Waals surface area contributed by atoms with Crippen LogP contribution in [0.2, 0.25) is 0 Å². The molecule has 0 amide bonds.